The Bertz CT molecular complexity index is 916. The van der Waals surface area contributed by atoms with Gasteiger partial charge in [0.25, 0.3) is 5.91 Å². The highest BCUT2D eigenvalue weighted by atomic mass is 35.5. The fraction of sp³-hybridized carbons (Fsp3) is 0.316. The summed E-state index contributed by atoms with van der Waals surface area (Å²) >= 11 is 0. The van der Waals surface area contributed by atoms with Gasteiger partial charge in [-0.3, -0.25) is 4.79 Å². The lowest BCUT2D eigenvalue weighted by atomic mass is 10.1. The van der Waals surface area contributed by atoms with Crippen LogP contribution in [0.4, 0.5) is 0 Å². The molecule has 8 heteroatoms. The second kappa shape index (κ2) is 7.94. The minimum Gasteiger partial charge on any atom is -0.336 e. The highest BCUT2D eigenvalue weighted by molar-refractivity contribution is 5.94. The molecule has 1 aliphatic rings. The molecule has 0 bridgehead atoms. The number of aryl methyl sites for hydroxylation is 2. The van der Waals surface area contributed by atoms with Crippen molar-refractivity contribution in [3.63, 3.8) is 0 Å². The molecule has 0 spiro atoms. The molecule has 1 N–H and O–H groups in total. The molecule has 1 fully saturated rings. The van der Waals surface area contributed by atoms with Gasteiger partial charge < -0.3 is 14.8 Å². The van der Waals surface area contributed by atoms with Crippen LogP contribution in [0.25, 0.3) is 5.69 Å². The van der Waals surface area contributed by atoms with Crippen LogP contribution in [-0.4, -0.2) is 49.8 Å². The minimum atomic E-state index is -0.0651. The highest BCUT2D eigenvalue weighted by Gasteiger charge is 2.30. The van der Waals surface area contributed by atoms with Crippen LogP contribution in [-0.2, 0) is 7.05 Å². The molecule has 0 radical (unpaired) electrons. The van der Waals surface area contributed by atoms with E-state index in [2.05, 4.69) is 15.4 Å². The van der Waals surface area contributed by atoms with E-state index >= 15 is 0 Å². The highest BCUT2D eigenvalue weighted by Crippen LogP contribution is 2.23. The third-order valence-corrected chi connectivity index (χ3v) is 4.75. The molecule has 3 heterocycles. The Morgan fingerprint density at radius 2 is 2.04 bits per heavy atom. The zero-order chi connectivity index (χ0) is 18.1. The van der Waals surface area contributed by atoms with Crippen LogP contribution in [0.5, 0.6) is 0 Å². The molecule has 1 aliphatic heterocycles. The van der Waals surface area contributed by atoms with Gasteiger partial charge in [0.15, 0.2) is 0 Å². The van der Waals surface area contributed by atoms with E-state index in [0.29, 0.717) is 18.7 Å². The molecular weight excluding hydrogens is 364 g/mol. The van der Waals surface area contributed by atoms with Crippen LogP contribution in [0.15, 0.2) is 49.1 Å². The van der Waals surface area contributed by atoms with Gasteiger partial charge in [-0.05, 0) is 36.8 Å². The number of hydrogen-bond acceptors (Lipinski definition) is 4. The number of imidazole rings is 1. The predicted molar refractivity (Wildman–Crippen MR) is 105 cm³/mol. The maximum absolute atomic E-state index is 13.1. The standard InChI is InChI=1S/C19H22N6O.ClH/c1-14-11-22-25(13-14)16-5-3-15(4-6-16)19(26)24-10-7-20-12-17(24)18-21-8-9-23(18)2;/h3-6,8-9,11,13,17,20H,7,10,12H2,1-2H3;1H. The molecular formula is C19H23ClN6O. The normalized spacial score (nSPS) is 16.8. The molecule has 0 saturated carbocycles. The summed E-state index contributed by atoms with van der Waals surface area (Å²) in [5.74, 6) is 0.928. The van der Waals surface area contributed by atoms with Crippen LogP contribution in [0.3, 0.4) is 0 Å². The fourth-order valence-electron chi connectivity index (χ4n) is 3.35. The van der Waals surface area contributed by atoms with Crippen LogP contribution >= 0.6 is 12.4 Å². The SMILES string of the molecule is Cc1cnn(-c2ccc(C(=O)N3CCNCC3c3nccn3C)cc2)c1.Cl. The number of rotatable bonds is 3. The number of piperazine rings is 1. The van der Waals surface area contributed by atoms with Crippen molar-refractivity contribution in [1.29, 1.82) is 0 Å². The van der Waals surface area contributed by atoms with Gasteiger partial charge in [-0.15, -0.1) is 12.4 Å². The zero-order valence-electron chi connectivity index (χ0n) is 15.4. The van der Waals surface area contributed by atoms with Gasteiger partial charge in [-0.25, -0.2) is 9.67 Å². The van der Waals surface area contributed by atoms with Gasteiger partial charge in [0, 0.05) is 50.8 Å². The molecule has 1 saturated heterocycles. The van der Waals surface area contributed by atoms with Crippen molar-refractivity contribution >= 4 is 18.3 Å². The molecule has 4 rings (SSSR count). The summed E-state index contributed by atoms with van der Waals surface area (Å²) in [5.41, 5.74) is 2.72. The second-order valence-electron chi connectivity index (χ2n) is 6.62. The monoisotopic (exact) mass is 386 g/mol. The van der Waals surface area contributed by atoms with Crippen molar-refractivity contribution in [3.05, 3.63) is 66.0 Å². The van der Waals surface area contributed by atoms with E-state index in [9.17, 15) is 4.79 Å². The van der Waals surface area contributed by atoms with Crippen molar-refractivity contribution in [2.45, 2.75) is 13.0 Å². The Hall–Kier alpha value is -2.64. The molecule has 1 atom stereocenters. The van der Waals surface area contributed by atoms with Gasteiger partial charge in [-0.1, -0.05) is 0 Å². The van der Waals surface area contributed by atoms with Crippen molar-refractivity contribution in [2.75, 3.05) is 19.6 Å². The summed E-state index contributed by atoms with van der Waals surface area (Å²) in [6.07, 6.45) is 7.46. The summed E-state index contributed by atoms with van der Waals surface area (Å²) in [6, 6.07) is 7.53. The maximum Gasteiger partial charge on any atom is 0.254 e. The van der Waals surface area contributed by atoms with Gasteiger partial charge >= 0.3 is 0 Å². The first kappa shape index (κ1) is 19.1. The van der Waals surface area contributed by atoms with E-state index in [1.165, 1.54) is 0 Å². The zero-order valence-corrected chi connectivity index (χ0v) is 16.2. The van der Waals surface area contributed by atoms with E-state index in [4.69, 9.17) is 0 Å². The average Bonchev–Trinajstić information content (AvgIpc) is 3.29. The van der Waals surface area contributed by atoms with E-state index in [1.807, 2.05) is 71.0 Å². The van der Waals surface area contributed by atoms with Gasteiger partial charge in [0.1, 0.15) is 11.9 Å². The number of benzene rings is 1. The first-order valence-corrected chi connectivity index (χ1v) is 8.74. The number of aromatic nitrogens is 4. The third-order valence-electron chi connectivity index (χ3n) is 4.75. The lowest BCUT2D eigenvalue weighted by molar-refractivity contribution is 0.0621. The van der Waals surface area contributed by atoms with Crippen LogP contribution in [0.1, 0.15) is 27.8 Å². The van der Waals surface area contributed by atoms with Crippen LogP contribution in [0, 0.1) is 6.92 Å². The van der Waals surface area contributed by atoms with Crippen molar-refractivity contribution in [3.8, 4) is 5.69 Å². The summed E-state index contributed by atoms with van der Waals surface area (Å²) in [7, 11) is 1.96. The topological polar surface area (TPSA) is 68.0 Å². The van der Waals surface area contributed by atoms with Gasteiger partial charge in [0.2, 0.25) is 0 Å². The Morgan fingerprint density at radius 1 is 1.26 bits per heavy atom. The number of amides is 1. The Kier molecular flexibility index (Phi) is 5.62. The summed E-state index contributed by atoms with van der Waals surface area (Å²) in [4.78, 5) is 19.5. The van der Waals surface area contributed by atoms with E-state index < -0.39 is 0 Å². The Morgan fingerprint density at radius 3 is 2.67 bits per heavy atom. The second-order valence-corrected chi connectivity index (χ2v) is 6.62. The van der Waals surface area contributed by atoms with Gasteiger partial charge in [-0.2, -0.15) is 5.10 Å². The quantitative estimate of drug-likeness (QED) is 0.748. The minimum absolute atomic E-state index is 0. The molecule has 1 amide bonds. The van der Waals surface area contributed by atoms with Gasteiger partial charge in [0.05, 0.1) is 11.9 Å². The predicted octanol–water partition coefficient (Wildman–Crippen LogP) is 2.12. The number of carbonyl (C=O) groups is 1. The van der Waals surface area contributed by atoms with Crippen LogP contribution in [0.2, 0.25) is 0 Å². The average molecular weight is 387 g/mol. The number of nitrogens with zero attached hydrogens (tertiary/aromatic N) is 5. The molecule has 7 nitrogen and oxygen atoms in total. The number of hydrogen-bond donors (Lipinski definition) is 1. The van der Waals surface area contributed by atoms with Crippen molar-refractivity contribution in [2.24, 2.45) is 7.05 Å². The molecule has 2 aromatic heterocycles. The molecule has 1 aromatic carbocycles. The molecule has 142 valence electrons. The third kappa shape index (κ3) is 3.74. The lowest BCUT2D eigenvalue weighted by Crippen LogP contribution is -2.49. The van der Waals surface area contributed by atoms with E-state index in [1.54, 1.807) is 6.20 Å². The molecule has 3 aromatic rings. The maximum atomic E-state index is 13.1. The lowest BCUT2D eigenvalue weighted by Gasteiger charge is -2.35. The first-order valence-electron chi connectivity index (χ1n) is 8.74. The summed E-state index contributed by atoms with van der Waals surface area (Å²) in [6.45, 7) is 4.17. The fourth-order valence-corrected chi connectivity index (χ4v) is 3.35. The number of nitrogens with one attached hydrogen (secondary N) is 1. The van der Waals surface area contributed by atoms with E-state index in [0.717, 1.165) is 23.6 Å². The molecule has 0 aliphatic carbocycles. The number of carbonyl (C=O) groups excluding carboxylic acids is 1. The summed E-state index contributed by atoms with van der Waals surface area (Å²) < 4.78 is 3.78. The molecule has 27 heavy (non-hydrogen) atoms. The Balaban J connectivity index is 0.00000210. The largest absolute Gasteiger partial charge is 0.336 e. The van der Waals surface area contributed by atoms with Crippen molar-refractivity contribution in [1.82, 2.24) is 29.5 Å². The van der Waals surface area contributed by atoms with E-state index in [-0.39, 0.29) is 24.4 Å². The first-order chi connectivity index (χ1) is 12.6. The molecule has 1 unspecified atom stereocenters. The van der Waals surface area contributed by atoms with Crippen LogP contribution < -0.4 is 5.32 Å². The Labute approximate surface area is 164 Å². The summed E-state index contributed by atoms with van der Waals surface area (Å²) in [5, 5.41) is 7.67. The van der Waals surface area contributed by atoms with Crippen molar-refractivity contribution < 1.29 is 4.79 Å². The number of halogens is 1. The smallest absolute Gasteiger partial charge is 0.254 e.